The number of rotatable bonds is 11. The van der Waals surface area contributed by atoms with Crippen molar-refractivity contribution in [3.63, 3.8) is 0 Å². The third-order valence-electron chi connectivity index (χ3n) is 8.15. The highest BCUT2D eigenvalue weighted by atomic mass is 16.4. The van der Waals surface area contributed by atoms with Gasteiger partial charge in [-0.3, -0.25) is 29.2 Å². The number of hydrogen-bond donors (Lipinski definition) is 1. The summed E-state index contributed by atoms with van der Waals surface area (Å²) in [5.74, 6) is 0.650. The van der Waals surface area contributed by atoms with Gasteiger partial charge in [0.05, 0.1) is 26.2 Å². The molecular formula is C35H35N5O5. The van der Waals surface area contributed by atoms with E-state index < -0.39 is 18.2 Å². The summed E-state index contributed by atoms with van der Waals surface area (Å²) in [6.45, 7) is 0.384. The van der Waals surface area contributed by atoms with E-state index in [2.05, 4.69) is 10.9 Å². The Bertz CT molecular complexity index is 1530. The van der Waals surface area contributed by atoms with E-state index in [0.717, 1.165) is 16.7 Å². The first-order chi connectivity index (χ1) is 21.9. The molecule has 5 rings (SSSR count). The first kappa shape index (κ1) is 31.2. The van der Waals surface area contributed by atoms with Gasteiger partial charge in [0.2, 0.25) is 11.8 Å². The van der Waals surface area contributed by atoms with Crippen molar-refractivity contribution in [1.29, 1.82) is 0 Å². The summed E-state index contributed by atoms with van der Waals surface area (Å²) in [5.41, 5.74) is 2.90. The lowest BCUT2D eigenvalue weighted by molar-refractivity contribution is -0.186. The second-order valence-electron chi connectivity index (χ2n) is 11.0. The molecule has 1 N–H and O–H groups in total. The molecule has 0 saturated carbocycles. The van der Waals surface area contributed by atoms with Gasteiger partial charge in [0.1, 0.15) is 12.2 Å². The highest BCUT2D eigenvalue weighted by Gasteiger charge is 2.51. The van der Waals surface area contributed by atoms with Crippen LogP contribution in [0.4, 0.5) is 0 Å². The Morgan fingerprint density at radius 3 is 2.13 bits per heavy atom. The van der Waals surface area contributed by atoms with Crippen LogP contribution in [0.5, 0.6) is 0 Å². The molecule has 2 heterocycles. The lowest BCUT2D eigenvalue weighted by Gasteiger charge is -2.55. The van der Waals surface area contributed by atoms with Gasteiger partial charge in [0.25, 0.3) is 0 Å². The van der Waals surface area contributed by atoms with E-state index in [-0.39, 0.29) is 69.1 Å². The molecule has 2 saturated heterocycles. The van der Waals surface area contributed by atoms with Gasteiger partial charge in [-0.1, -0.05) is 96.9 Å². The van der Waals surface area contributed by atoms with Crippen molar-refractivity contribution >= 4 is 29.9 Å². The molecule has 2 fully saturated rings. The van der Waals surface area contributed by atoms with Crippen LogP contribution in [0.15, 0.2) is 96.0 Å². The van der Waals surface area contributed by atoms with Crippen LogP contribution in [0.25, 0.3) is 0 Å². The van der Waals surface area contributed by atoms with Crippen molar-refractivity contribution in [2.75, 3.05) is 26.2 Å². The van der Waals surface area contributed by atoms with Crippen molar-refractivity contribution < 1.29 is 24.3 Å². The minimum absolute atomic E-state index is 0.0265. The summed E-state index contributed by atoms with van der Waals surface area (Å²) < 4.78 is 0. The zero-order valence-corrected chi connectivity index (χ0v) is 24.8. The third-order valence-corrected chi connectivity index (χ3v) is 8.15. The van der Waals surface area contributed by atoms with Gasteiger partial charge in [0.15, 0.2) is 12.1 Å². The quantitative estimate of drug-likeness (QED) is 0.155. The number of carbonyl (C=O) groups excluding carboxylic acids is 3. The number of nitrogens with zero attached hydrogens (tertiary/aromatic N) is 5. The third kappa shape index (κ3) is 7.11. The zero-order chi connectivity index (χ0) is 31.8. The maximum atomic E-state index is 14.2. The number of piperazine rings is 1. The monoisotopic (exact) mass is 605 g/mol. The molecule has 10 heteroatoms. The Morgan fingerprint density at radius 1 is 0.978 bits per heavy atom. The van der Waals surface area contributed by atoms with Gasteiger partial charge in [0, 0.05) is 18.9 Å². The number of carboxylic acids is 1. The molecule has 10 nitrogen and oxygen atoms in total. The van der Waals surface area contributed by atoms with Crippen molar-refractivity contribution in [3.05, 3.63) is 108 Å². The first-order valence-electron chi connectivity index (χ1n) is 14.8. The van der Waals surface area contributed by atoms with Crippen LogP contribution in [-0.2, 0) is 25.7 Å². The zero-order valence-electron chi connectivity index (χ0n) is 24.8. The summed E-state index contributed by atoms with van der Waals surface area (Å²) in [7, 11) is 0. The van der Waals surface area contributed by atoms with Gasteiger partial charge in [-0.05, 0) is 23.1 Å². The van der Waals surface area contributed by atoms with E-state index >= 15 is 0 Å². The first-order valence-corrected chi connectivity index (χ1v) is 14.8. The number of amidine groups is 1. The number of hydrogen-bond acceptors (Lipinski definition) is 6. The molecule has 3 aromatic carbocycles. The van der Waals surface area contributed by atoms with E-state index in [1.165, 1.54) is 4.90 Å². The molecule has 0 aromatic heterocycles. The largest absolute Gasteiger partial charge is 0.481 e. The number of carbonyl (C=O) groups is 4. The van der Waals surface area contributed by atoms with Crippen molar-refractivity contribution in [1.82, 2.24) is 19.8 Å². The fourth-order valence-corrected chi connectivity index (χ4v) is 6.09. The minimum atomic E-state index is -1.07. The molecule has 3 aromatic rings. The van der Waals surface area contributed by atoms with Crippen LogP contribution in [0.3, 0.4) is 0 Å². The van der Waals surface area contributed by atoms with Crippen LogP contribution in [0, 0.1) is 12.3 Å². The molecule has 0 aliphatic carbocycles. The van der Waals surface area contributed by atoms with Gasteiger partial charge >= 0.3 is 5.97 Å². The molecule has 2 aliphatic heterocycles. The fourth-order valence-electron chi connectivity index (χ4n) is 6.09. The molecule has 0 spiro atoms. The van der Waals surface area contributed by atoms with Gasteiger partial charge < -0.3 is 14.9 Å². The Labute approximate surface area is 262 Å². The van der Waals surface area contributed by atoms with Crippen molar-refractivity contribution in [2.45, 2.75) is 37.5 Å². The predicted molar refractivity (Wildman–Crippen MR) is 168 cm³/mol. The number of aliphatic carboxylic acids is 1. The van der Waals surface area contributed by atoms with E-state index in [0.29, 0.717) is 6.29 Å². The summed E-state index contributed by atoms with van der Waals surface area (Å²) >= 11 is 0. The Hall–Kier alpha value is -5.27. The molecule has 2 atom stereocenters. The summed E-state index contributed by atoms with van der Waals surface area (Å²) in [6.07, 6.45) is 5.11. The topological polar surface area (TPSA) is 114 Å². The highest BCUT2D eigenvalue weighted by Crippen LogP contribution is 2.32. The van der Waals surface area contributed by atoms with Gasteiger partial charge in [-0.15, -0.1) is 6.42 Å². The molecule has 2 aliphatic rings. The maximum absolute atomic E-state index is 14.2. The van der Waals surface area contributed by atoms with Crippen LogP contribution >= 0.6 is 0 Å². The van der Waals surface area contributed by atoms with Crippen molar-refractivity contribution in [3.8, 4) is 12.3 Å². The number of hydrazine groups is 1. The normalized spacial score (nSPS) is 18.9. The second kappa shape index (κ2) is 14.5. The van der Waals surface area contributed by atoms with E-state index in [1.54, 1.807) is 14.9 Å². The molecule has 0 bridgehead atoms. The molecular weight excluding hydrogens is 570 g/mol. The minimum Gasteiger partial charge on any atom is -0.481 e. The van der Waals surface area contributed by atoms with Crippen LogP contribution in [-0.4, -0.2) is 93.2 Å². The average molecular weight is 606 g/mol. The molecule has 2 amide bonds. The van der Waals surface area contributed by atoms with Gasteiger partial charge in [-0.2, -0.15) is 5.01 Å². The summed E-state index contributed by atoms with van der Waals surface area (Å²) in [4.78, 5) is 59.8. The standard InChI is InChI=1S/C35H35N5O5/c1-2-20-38-24-33(42)39-30(18-19-34(43)44)35(45)37(22-29(27-14-8-4-9-15-27)28-16-10-5-11-17-28)23-32(39)40(38)31(25-41)36-21-26-12-6-3-7-13-26/h1,3-17,25,29-30,32H,18-24H2,(H,43,44)/t30-,32-/m0/s1. The lowest BCUT2D eigenvalue weighted by atomic mass is 9.90. The highest BCUT2D eigenvalue weighted by molar-refractivity contribution is 6.27. The number of amides is 2. The van der Waals surface area contributed by atoms with E-state index in [9.17, 15) is 24.3 Å². The Balaban J connectivity index is 1.56. The molecule has 230 valence electrons. The van der Waals surface area contributed by atoms with E-state index in [4.69, 9.17) is 6.42 Å². The number of fused-ring (bicyclic) bond motifs is 1. The average Bonchev–Trinajstić information content (AvgIpc) is 3.06. The Morgan fingerprint density at radius 2 is 1.58 bits per heavy atom. The number of aldehydes is 1. The summed E-state index contributed by atoms with van der Waals surface area (Å²) in [5, 5.41) is 12.7. The fraction of sp³-hybridized carbons (Fsp3) is 0.286. The predicted octanol–water partition coefficient (Wildman–Crippen LogP) is 3.01. The number of carboxylic acid groups (broad SMARTS) is 1. The van der Waals surface area contributed by atoms with Gasteiger partial charge in [-0.25, -0.2) is 0 Å². The smallest absolute Gasteiger partial charge is 0.303 e. The Kier molecular flexibility index (Phi) is 10.0. The van der Waals surface area contributed by atoms with Crippen molar-refractivity contribution in [2.24, 2.45) is 4.99 Å². The number of terminal acetylenes is 1. The van der Waals surface area contributed by atoms with E-state index in [1.807, 2.05) is 91.0 Å². The van der Waals surface area contributed by atoms with Crippen LogP contribution in [0.1, 0.15) is 35.4 Å². The van der Waals surface area contributed by atoms with Crippen LogP contribution < -0.4 is 0 Å². The second-order valence-corrected chi connectivity index (χ2v) is 11.0. The SMILES string of the molecule is C#CCN1CC(=O)N2[C@@H](CCC(=O)O)C(=O)N(CC(c3ccccc3)c3ccccc3)C[C@@H]2N1C(C=O)=NCc1ccccc1. The molecule has 0 radical (unpaired) electrons. The molecule has 45 heavy (non-hydrogen) atoms. The maximum Gasteiger partial charge on any atom is 0.303 e. The molecule has 0 unspecified atom stereocenters. The number of benzene rings is 3. The van der Waals surface area contributed by atoms with Crippen LogP contribution in [0.2, 0.25) is 0 Å². The lowest BCUT2D eigenvalue weighted by Crippen LogP contribution is -2.76. The number of aliphatic imine (C=N–C) groups is 1. The summed E-state index contributed by atoms with van der Waals surface area (Å²) in [6, 6.07) is 28.1.